The molecule has 2 atom stereocenters. The van der Waals surface area contributed by atoms with Crippen LogP contribution in [0, 0.1) is 0 Å². The monoisotopic (exact) mass is 637 g/mol. The van der Waals surface area contributed by atoms with Gasteiger partial charge in [0.2, 0.25) is 0 Å². The molecule has 0 unspecified atom stereocenters. The first-order valence-corrected chi connectivity index (χ1v) is 16.7. The van der Waals surface area contributed by atoms with Gasteiger partial charge in [-0.05, 0) is 57.1 Å². The Labute approximate surface area is 282 Å². The molecule has 0 radical (unpaired) electrons. The second kappa shape index (κ2) is 12.9. The summed E-state index contributed by atoms with van der Waals surface area (Å²) in [5.74, 6) is 0.384. The summed E-state index contributed by atoms with van der Waals surface area (Å²) in [5, 5.41) is 22.8. The lowest BCUT2D eigenvalue weighted by molar-refractivity contribution is 0.0789. The van der Waals surface area contributed by atoms with E-state index in [-0.39, 0.29) is 51.1 Å². The van der Waals surface area contributed by atoms with Crippen molar-refractivity contribution in [3.63, 3.8) is 0 Å². The first-order valence-electron chi connectivity index (χ1n) is 16.7. The summed E-state index contributed by atoms with van der Waals surface area (Å²) in [6.07, 6.45) is 3.50. The van der Waals surface area contributed by atoms with Gasteiger partial charge >= 0.3 is 0 Å². The third-order valence-electron chi connectivity index (χ3n) is 9.00. The van der Waals surface area contributed by atoms with Crippen LogP contribution in [0.3, 0.4) is 0 Å². The van der Waals surface area contributed by atoms with Crippen molar-refractivity contribution in [1.29, 1.82) is 0 Å². The maximum atomic E-state index is 13.6. The molecule has 1 heterocycles. The Morgan fingerprint density at radius 1 is 0.638 bits per heavy atom. The average molecular weight is 638 g/mol. The number of hydrogen-bond donors (Lipinski definition) is 2. The molecule has 1 aliphatic heterocycles. The molecule has 4 rings (SSSR count). The van der Waals surface area contributed by atoms with Crippen molar-refractivity contribution in [3.8, 4) is 11.5 Å². The molecule has 6 heteroatoms. The Balaban J connectivity index is 1.78. The molecule has 1 fully saturated rings. The molecule has 3 aromatic carbocycles. The van der Waals surface area contributed by atoms with E-state index in [4.69, 9.17) is 9.98 Å². The fraction of sp³-hybridized carbons (Fsp3) is 0.488. The average Bonchev–Trinajstić information content (AvgIpc) is 3.36. The first kappa shape index (κ1) is 35.9. The van der Waals surface area contributed by atoms with Gasteiger partial charge in [-0.25, -0.2) is 0 Å². The van der Waals surface area contributed by atoms with Crippen molar-refractivity contribution in [3.05, 3.63) is 93.5 Å². The van der Waals surface area contributed by atoms with Gasteiger partial charge in [-0.3, -0.25) is 14.8 Å². The predicted molar refractivity (Wildman–Crippen MR) is 196 cm³/mol. The van der Waals surface area contributed by atoms with E-state index in [1.165, 1.54) is 0 Å². The van der Waals surface area contributed by atoms with E-state index >= 15 is 0 Å². The maximum Gasteiger partial charge on any atom is 0.253 e. The van der Waals surface area contributed by atoms with Crippen molar-refractivity contribution < 1.29 is 15.0 Å². The minimum Gasteiger partial charge on any atom is -0.507 e. The molecule has 47 heavy (non-hydrogen) atoms. The molecule has 2 N–H and O–H groups in total. The number of carbonyl (C=O) groups is 1. The van der Waals surface area contributed by atoms with E-state index in [9.17, 15) is 15.0 Å². The summed E-state index contributed by atoms with van der Waals surface area (Å²) >= 11 is 0. The van der Waals surface area contributed by atoms with Crippen LogP contribution in [0.2, 0.25) is 0 Å². The molecule has 1 saturated heterocycles. The zero-order chi connectivity index (χ0) is 35.1. The number of carbonyl (C=O) groups excluding carboxylic acids is 1. The second-order valence-corrected chi connectivity index (χ2v) is 17.2. The summed E-state index contributed by atoms with van der Waals surface area (Å²) in [7, 11) is 0. The van der Waals surface area contributed by atoms with Gasteiger partial charge in [0.15, 0.2) is 0 Å². The zero-order valence-electron chi connectivity index (χ0n) is 30.6. The number of amides is 1. The standard InChI is InChI=1S/C41H55N3O3/c1-38(2,3)29-18-27(35(45)31(20-29)40(7,8)9)22-42-33-24-44(37(47)26-16-14-13-15-17-26)25-34(33)43-23-28-19-30(39(4,5)6)21-32(36(28)46)41(10,11)12/h13-23,33-34,45-46H,24-25H2,1-12H3/t33-,34-/m1/s1. The lowest BCUT2D eigenvalue weighted by Crippen LogP contribution is -2.29. The lowest BCUT2D eigenvalue weighted by Gasteiger charge is -2.27. The molecular weight excluding hydrogens is 582 g/mol. The fourth-order valence-corrected chi connectivity index (χ4v) is 5.86. The highest BCUT2D eigenvalue weighted by atomic mass is 16.3. The van der Waals surface area contributed by atoms with Gasteiger partial charge in [0.25, 0.3) is 5.91 Å². The Morgan fingerprint density at radius 3 is 1.36 bits per heavy atom. The number of nitrogens with zero attached hydrogens (tertiary/aromatic N) is 3. The SMILES string of the molecule is CC(C)(C)c1cc(C=N[C@@H]2CN(C(=O)c3ccccc3)C[C@H]2N=Cc2cc(C(C)(C)C)cc(C(C)(C)C)c2O)c(O)c(C(C)(C)C)c1. The summed E-state index contributed by atoms with van der Waals surface area (Å²) in [5.41, 5.74) is 5.15. The molecule has 1 amide bonds. The third kappa shape index (κ3) is 8.33. The van der Waals surface area contributed by atoms with E-state index in [0.29, 0.717) is 29.8 Å². The topological polar surface area (TPSA) is 85.5 Å². The molecule has 1 aliphatic rings. The molecule has 3 aromatic rings. The second-order valence-electron chi connectivity index (χ2n) is 17.2. The van der Waals surface area contributed by atoms with Gasteiger partial charge < -0.3 is 15.1 Å². The van der Waals surface area contributed by atoms with Crippen molar-refractivity contribution in [2.75, 3.05) is 13.1 Å². The van der Waals surface area contributed by atoms with Gasteiger partial charge in [0, 0.05) is 53.3 Å². The van der Waals surface area contributed by atoms with Crippen LogP contribution in [-0.4, -0.2) is 58.6 Å². The van der Waals surface area contributed by atoms with Crippen LogP contribution in [-0.2, 0) is 21.7 Å². The largest absolute Gasteiger partial charge is 0.507 e. The smallest absolute Gasteiger partial charge is 0.253 e. The quantitative estimate of drug-likeness (QED) is 0.275. The summed E-state index contributed by atoms with van der Waals surface area (Å²) in [4.78, 5) is 25.4. The van der Waals surface area contributed by atoms with E-state index in [1.54, 1.807) is 17.3 Å². The molecule has 6 nitrogen and oxygen atoms in total. The number of rotatable bonds is 5. The van der Waals surface area contributed by atoms with Gasteiger partial charge in [-0.1, -0.05) is 113 Å². The van der Waals surface area contributed by atoms with Gasteiger partial charge in [0.1, 0.15) is 11.5 Å². The highest BCUT2D eigenvalue weighted by Gasteiger charge is 2.35. The van der Waals surface area contributed by atoms with Crippen molar-refractivity contribution in [1.82, 2.24) is 4.90 Å². The van der Waals surface area contributed by atoms with Crippen molar-refractivity contribution in [2.24, 2.45) is 9.98 Å². The molecule has 252 valence electrons. The van der Waals surface area contributed by atoms with Crippen LogP contribution in [0.1, 0.15) is 127 Å². The van der Waals surface area contributed by atoms with Crippen LogP contribution < -0.4 is 0 Å². The number of likely N-dealkylation sites (tertiary alicyclic amines) is 1. The molecule has 0 bridgehead atoms. The van der Waals surface area contributed by atoms with E-state index in [1.807, 2.05) is 42.5 Å². The maximum absolute atomic E-state index is 13.6. The van der Waals surface area contributed by atoms with Gasteiger partial charge in [0.05, 0.1) is 12.1 Å². The van der Waals surface area contributed by atoms with E-state index in [2.05, 4.69) is 95.2 Å². The van der Waals surface area contributed by atoms with E-state index in [0.717, 1.165) is 22.3 Å². The normalized spacial score (nSPS) is 18.1. The number of phenols is 2. The molecular formula is C41H55N3O3. The highest BCUT2D eigenvalue weighted by Crippen LogP contribution is 2.39. The first-order chi connectivity index (χ1) is 21.6. The van der Waals surface area contributed by atoms with Crippen molar-refractivity contribution >= 4 is 18.3 Å². The van der Waals surface area contributed by atoms with Crippen LogP contribution in [0.15, 0.2) is 64.6 Å². The summed E-state index contributed by atoms with van der Waals surface area (Å²) in [6.45, 7) is 26.3. The molecule has 0 saturated carbocycles. The lowest BCUT2D eigenvalue weighted by atomic mass is 9.79. The Hall–Kier alpha value is -3.93. The summed E-state index contributed by atoms with van der Waals surface area (Å²) < 4.78 is 0. The highest BCUT2D eigenvalue weighted by molar-refractivity contribution is 5.94. The van der Waals surface area contributed by atoms with Crippen LogP contribution in [0.25, 0.3) is 0 Å². The number of aliphatic imine (C=N–C) groups is 2. The van der Waals surface area contributed by atoms with Crippen LogP contribution >= 0.6 is 0 Å². The fourth-order valence-electron chi connectivity index (χ4n) is 5.86. The number of benzene rings is 3. The minimum atomic E-state index is -0.343. The molecule has 0 spiro atoms. The van der Waals surface area contributed by atoms with Gasteiger partial charge in [-0.2, -0.15) is 0 Å². The summed E-state index contributed by atoms with van der Waals surface area (Å²) in [6, 6.07) is 16.8. The van der Waals surface area contributed by atoms with Crippen LogP contribution in [0.4, 0.5) is 0 Å². The molecule has 0 aliphatic carbocycles. The Morgan fingerprint density at radius 2 is 1.02 bits per heavy atom. The zero-order valence-corrected chi connectivity index (χ0v) is 30.6. The minimum absolute atomic E-state index is 0.0660. The number of phenolic OH excluding ortho intramolecular Hbond substituents is 2. The number of hydrogen-bond acceptors (Lipinski definition) is 5. The Kier molecular flexibility index (Phi) is 9.88. The Bertz CT molecular complexity index is 1560. The van der Waals surface area contributed by atoms with Crippen molar-refractivity contribution in [2.45, 2.75) is 117 Å². The predicted octanol–water partition coefficient (Wildman–Crippen LogP) is 8.72. The van der Waals surface area contributed by atoms with E-state index < -0.39 is 0 Å². The third-order valence-corrected chi connectivity index (χ3v) is 9.00. The van der Waals surface area contributed by atoms with Gasteiger partial charge in [-0.15, -0.1) is 0 Å². The molecule has 0 aromatic heterocycles. The van der Waals surface area contributed by atoms with Crippen LogP contribution in [0.5, 0.6) is 11.5 Å². The number of aromatic hydroxyl groups is 2.